The molecule has 2 rings (SSSR count). The molecule has 23 heavy (non-hydrogen) atoms. The Kier molecular flexibility index (Phi) is 4.57. The highest BCUT2D eigenvalue weighted by molar-refractivity contribution is 7.89. The van der Waals surface area contributed by atoms with Gasteiger partial charge in [0.2, 0.25) is 10.0 Å². The van der Waals surface area contributed by atoms with E-state index in [0.29, 0.717) is 5.56 Å². The second-order valence-electron chi connectivity index (χ2n) is 5.25. The van der Waals surface area contributed by atoms with Gasteiger partial charge in [0.1, 0.15) is 16.6 Å². The van der Waals surface area contributed by atoms with Crippen molar-refractivity contribution in [3.8, 4) is 0 Å². The van der Waals surface area contributed by atoms with Gasteiger partial charge in [0.05, 0.1) is 6.20 Å². The monoisotopic (exact) mass is 342 g/mol. The molecule has 2 N–H and O–H groups in total. The van der Waals surface area contributed by atoms with E-state index >= 15 is 0 Å². The molecule has 10 heteroatoms. The third-order valence-corrected chi connectivity index (χ3v) is 5.31. The number of sulfonamides is 1. The molecule has 9 nitrogen and oxygen atoms in total. The molecule has 1 atom stereocenters. The number of carboxylic acids is 1. The fraction of sp³-hybridized carbons (Fsp3) is 0.462. The van der Waals surface area contributed by atoms with Crippen molar-refractivity contribution in [2.24, 2.45) is 7.05 Å². The highest BCUT2D eigenvalue weighted by atomic mass is 32.2. The molecule has 1 unspecified atom stereocenters. The van der Waals surface area contributed by atoms with Crippen LogP contribution in [0.15, 0.2) is 15.6 Å². The molecule has 0 bridgehead atoms. The van der Waals surface area contributed by atoms with Crippen molar-refractivity contribution in [2.75, 3.05) is 0 Å². The summed E-state index contributed by atoms with van der Waals surface area (Å²) in [5, 5.41) is 16.9. The van der Waals surface area contributed by atoms with E-state index in [1.165, 1.54) is 20.0 Å². The molecule has 0 saturated carbocycles. The highest BCUT2D eigenvalue weighted by Gasteiger charge is 2.30. The molecule has 0 saturated heterocycles. The van der Waals surface area contributed by atoms with Crippen LogP contribution in [0.2, 0.25) is 0 Å². The molecule has 2 aromatic heterocycles. The Morgan fingerprint density at radius 3 is 2.52 bits per heavy atom. The van der Waals surface area contributed by atoms with Crippen molar-refractivity contribution in [3.63, 3.8) is 0 Å². The van der Waals surface area contributed by atoms with Crippen molar-refractivity contribution in [1.29, 1.82) is 0 Å². The Morgan fingerprint density at radius 2 is 2.09 bits per heavy atom. The van der Waals surface area contributed by atoms with Crippen LogP contribution in [0.25, 0.3) is 0 Å². The molecule has 0 amide bonds. The zero-order valence-corrected chi connectivity index (χ0v) is 14.0. The van der Waals surface area contributed by atoms with Gasteiger partial charge in [-0.3, -0.25) is 9.48 Å². The van der Waals surface area contributed by atoms with Gasteiger partial charge < -0.3 is 9.63 Å². The van der Waals surface area contributed by atoms with E-state index < -0.39 is 22.0 Å². The molecule has 0 spiro atoms. The second kappa shape index (κ2) is 6.13. The van der Waals surface area contributed by atoms with Gasteiger partial charge in [-0.1, -0.05) is 5.16 Å². The van der Waals surface area contributed by atoms with Crippen LogP contribution in [0.3, 0.4) is 0 Å². The maximum Gasteiger partial charge on any atom is 0.322 e. The molecule has 126 valence electrons. The van der Waals surface area contributed by atoms with Crippen molar-refractivity contribution < 1.29 is 22.8 Å². The molecule has 0 aliphatic rings. The fourth-order valence-corrected chi connectivity index (χ4v) is 3.77. The van der Waals surface area contributed by atoms with E-state index in [-0.39, 0.29) is 22.8 Å². The van der Waals surface area contributed by atoms with Gasteiger partial charge in [0.25, 0.3) is 0 Å². The zero-order chi connectivity index (χ0) is 17.4. The Labute approximate surface area is 133 Å². The summed E-state index contributed by atoms with van der Waals surface area (Å²) in [7, 11) is -2.34. The summed E-state index contributed by atoms with van der Waals surface area (Å²) < 4.78 is 33.5. The molecular weight excluding hydrogens is 324 g/mol. The number of hydrogen-bond acceptors (Lipinski definition) is 6. The van der Waals surface area contributed by atoms with E-state index in [1.807, 2.05) is 0 Å². The summed E-state index contributed by atoms with van der Waals surface area (Å²) >= 11 is 0. The summed E-state index contributed by atoms with van der Waals surface area (Å²) in [4.78, 5) is 11.3. The van der Waals surface area contributed by atoms with Crippen molar-refractivity contribution >= 4 is 16.0 Å². The minimum absolute atomic E-state index is 0.0163. The first-order chi connectivity index (χ1) is 10.6. The first-order valence-electron chi connectivity index (χ1n) is 6.79. The van der Waals surface area contributed by atoms with Crippen LogP contribution in [0.5, 0.6) is 0 Å². The third kappa shape index (κ3) is 3.42. The van der Waals surface area contributed by atoms with Crippen molar-refractivity contribution in [1.82, 2.24) is 19.7 Å². The minimum Gasteiger partial charge on any atom is -0.480 e. The number of rotatable bonds is 6. The highest BCUT2D eigenvalue weighted by Crippen LogP contribution is 2.19. The maximum absolute atomic E-state index is 12.4. The van der Waals surface area contributed by atoms with Gasteiger partial charge in [-0.2, -0.15) is 9.82 Å². The number of aromatic nitrogens is 3. The number of carboxylic acid groups (broad SMARTS) is 1. The number of hydrogen-bond donors (Lipinski definition) is 2. The summed E-state index contributed by atoms with van der Waals surface area (Å²) in [5.41, 5.74) is 1.60. The van der Waals surface area contributed by atoms with Crippen LogP contribution in [-0.2, 0) is 28.3 Å². The quantitative estimate of drug-likeness (QED) is 0.773. The number of nitrogens with one attached hydrogen (secondary N) is 1. The zero-order valence-electron chi connectivity index (χ0n) is 13.2. The van der Waals surface area contributed by atoms with E-state index in [1.54, 1.807) is 18.7 Å². The largest absolute Gasteiger partial charge is 0.480 e. The first kappa shape index (κ1) is 17.2. The Hall–Kier alpha value is -2.20. The van der Waals surface area contributed by atoms with Crippen LogP contribution in [0, 0.1) is 20.8 Å². The van der Waals surface area contributed by atoms with Gasteiger partial charge in [-0.25, -0.2) is 8.42 Å². The summed E-state index contributed by atoms with van der Waals surface area (Å²) in [6.45, 7) is 4.71. The fourth-order valence-electron chi connectivity index (χ4n) is 2.25. The molecule has 0 aliphatic carbocycles. The van der Waals surface area contributed by atoms with Gasteiger partial charge in [-0.05, 0) is 26.3 Å². The smallest absolute Gasteiger partial charge is 0.322 e. The van der Waals surface area contributed by atoms with Crippen LogP contribution in [0.1, 0.15) is 22.7 Å². The molecule has 2 heterocycles. The second-order valence-corrected chi connectivity index (χ2v) is 6.90. The maximum atomic E-state index is 12.4. The van der Waals surface area contributed by atoms with Crippen LogP contribution in [0.4, 0.5) is 0 Å². The average molecular weight is 342 g/mol. The van der Waals surface area contributed by atoms with E-state index in [0.717, 1.165) is 5.69 Å². The Bertz CT molecular complexity index is 817. The van der Waals surface area contributed by atoms with Gasteiger partial charge in [-0.15, -0.1) is 0 Å². The van der Waals surface area contributed by atoms with E-state index in [2.05, 4.69) is 15.0 Å². The molecule has 0 fully saturated rings. The standard InChI is InChI=1S/C13H18N4O5S/c1-7-12(9(3)22-15-7)23(20,21)16-11(13(18)19)5-10-6-14-17(4)8(10)2/h6,11,16H,5H2,1-4H3,(H,18,19). The first-order valence-corrected chi connectivity index (χ1v) is 8.27. The lowest BCUT2D eigenvalue weighted by Gasteiger charge is -2.14. The van der Waals surface area contributed by atoms with E-state index in [9.17, 15) is 18.3 Å². The number of aryl methyl sites for hydroxylation is 3. The van der Waals surface area contributed by atoms with Crippen LogP contribution >= 0.6 is 0 Å². The average Bonchev–Trinajstić information content (AvgIpc) is 2.94. The van der Waals surface area contributed by atoms with Gasteiger partial charge in [0.15, 0.2) is 5.76 Å². The Morgan fingerprint density at radius 1 is 1.43 bits per heavy atom. The summed E-state index contributed by atoms with van der Waals surface area (Å²) in [6.07, 6.45) is 1.51. The van der Waals surface area contributed by atoms with Gasteiger partial charge >= 0.3 is 5.97 Å². The lowest BCUT2D eigenvalue weighted by Crippen LogP contribution is -2.42. The van der Waals surface area contributed by atoms with Crippen LogP contribution in [-0.4, -0.2) is 40.5 Å². The lowest BCUT2D eigenvalue weighted by atomic mass is 10.1. The predicted octanol–water partition coefficient (Wildman–Crippen LogP) is 0.308. The predicted molar refractivity (Wildman–Crippen MR) is 79.4 cm³/mol. The number of nitrogens with zero attached hydrogens (tertiary/aromatic N) is 3. The molecule has 0 aromatic carbocycles. The molecule has 0 radical (unpaired) electrons. The lowest BCUT2D eigenvalue weighted by molar-refractivity contribution is -0.138. The molecular formula is C13H18N4O5S. The Balaban J connectivity index is 2.30. The number of carbonyl (C=O) groups is 1. The molecule has 2 aromatic rings. The summed E-state index contributed by atoms with van der Waals surface area (Å²) in [5.74, 6) is -1.17. The summed E-state index contributed by atoms with van der Waals surface area (Å²) in [6, 6.07) is -1.32. The van der Waals surface area contributed by atoms with Crippen LogP contribution < -0.4 is 4.72 Å². The molecule has 0 aliphatic heterocycles. The van der Waals surface area contributed by atoms with Crippen molar-refractivity contribution in [3.05, 3.63) is 28.9 Å². The van der Waals surface area contributed by atoms with Gasteiger partial charge in [0, 0.05) is 19.2 Å². The normalized spacial score (nSPS) is 13.2. The SMILES string of the molecule is Cc1noc(C)c1S(=O)(=O)NC(Cc1cnn(C)c1C)C(=O)O. The minimum atomic E-state index is -4.06. The third-order valence-electron chi connectivity index (χ3n) is 3.59. The number of aliphatic carboxylic acids is 1. The topological polar surface area (TPSA) is 127 Å². The van der Waals surface area contributed by atoms with E-state index in [4.69, 9.17) is 4.52 Å². The van der Waals surface area contributed by atoms with Crippen molar-refractivity contribution in [2.45, 2.75) is 38.1 Å².